The Morgan fingerprint density at radius 2 is 2.56 bits per heavy atom. The van der Waals surface area contributed by atoms with Gasteiger partial charge in [0.05, 0.1) is 4.88 Å². The predicted molar refractivity (Wildman–Crippen MR) is 62.3 cm³/mol. The molecule has 5 heteroatoms. The van der Waals surface area contributed by atoms with Gasteiger partial charge < -0.3 is 9.84 Å². The maximum absolute atomic E-state index is 5.26. The minimum absolute atomic E-state index is 0.511. The predicted octanol–water partition coefficient (Wildman–Crippen LogP) is 2.09. The van der Waals surface area contributed by atoms with Gasteiger partial charge in [-0.05, 0) is 30.8 Å². The molecule has 1 aliphatic rings. The van der Waals surface area contributed by atoms with Crippen molar-refractivity contribution in [2.24, 2.45) is 0 Å². The van der Waals surface area contributed by atoms with Gasteiger partial charge in [-0.15, -0.1) is 11.3 Å². The standard InChI is InChI=1S/C11H13N3OS/c1-3-8(12-5-1)7-10-13-11(14-15-10)9-4-2-6-16-9/h2,4,6,8,12H,1,3,5,7H2. The number of thiophene rings is 1. The van der Waals surface area contributed by atoms with Gasteiger partial charge in [-0.3, -0.25) is 0 Å². The smallest absolute Gasteiger partial charge is 0.228 e. The summed E-state index contributed by atoms with van der Waals surface area (Å²) in [4.78, 5) is 5.47. The highest BCUT2D eigenvalue weighted by atomic mass is 32.1. The van der Waals surface area contributed by atoms with E-state index in [2.05, 4.69) is 15.5 Å². The summed E-state index contributed by atoms with van der Waals surface area (Å²) in [5, 5.41) is 9.44. The summed E-state index contributed by atoms with van der Waals surface area (Å²) in [5.41, 5.74) is 0. The Balaban J connectivity index is 1.72. The van der Waals surface area contributed by atoms with E-state index in [9.17, 15) is 0 Å². The van der Waals surface area contributed by atoms with Crippen LogP contribution in [0.4, 0.5) is 0 Å². The molecule has 84 valence electrons. The summed E-state index contributed by atoms with van der Waals surface area (Å²) in [6.45, 7) is 1.11. The summed E-state index contributed by atoms with van der Waals surface area (Å²) in [7, 11) is 0. The van der Waals surface area contributed by atoms with Crippen LogP contribution in [0.5, 0.6) is 0 Å². The van der Waals surface area contributed by atoms with E-state index >= 15 is 0 Å². The molecule has 2 aromatic heterocycles. The Morgan fingerprint density at radius 1 is 1.56 bits per heavy atom. The van der Waals surface area contributed by atoms with Crippen LogP contribution < -0.4 is 5.32 Å². The van der Waals surface area contributed by atoms with Crippen molar-refractivity contribution in [3.63, 3.8) is 0 Å². The van der Waals surface area contributed by atoms with Gasteiger partial charge in [0, 0.05) is 12.5 Å². The zero-order valence-corrected chi connectivity index (χ0v) is 9.67. The molecule has 1 unspecified atom stereocenters. The van der Waals surface area contributed by atoms with E-state index in [0.717, 1.165) is 23.7 Å². The zero-order valence-electron chi connectivity index (χ0n) is 8.85. The van der Waals surface area contributed by atoms with Crippen LogP contribution in [0.1, 0.15) is 18.7 Å². The average molecular weight is 235 g/mol. The molecule has 1 aliphatic heterocycles. The average Bonchev–Trinajstić information content (AvgIpc) is 2.99. The largest absolute Gasteiger partial charge is 0.339 e. The highest BCUT2D eigenvalue weighted by Gasteiger charge is 2.18. The second kappa shape index (κ2) is 4.35. The van der Waals surface area contributed by atoms with Gasteiger partial charge in [-0.1, -0.05) is 11.2 Å². The van der Waals surface area contributed by atoms with Crippen molar-refractivity contribution < 1.29 is 4.52 Å². The summed E-state index contributed by atoms with van der Waals surface area (Å²) < 4.78 is 5.26. The normalized spacial score (nSPS) is 20.4. The molecule has 0 radical (unpaired) electrons. The van der Waals surface area contributed by atoms with Crippen molar-refractivity contribution in [3.8, 4) is 10.7 Å². The maximum atomic E-state index is 5.26. The van der Waals surface area contributed by atoms with Gasteiger partial charge in [0.2, 0.25) is 11.7 Å². The van der Waals surface area contributed by atoms with Crippen molar-refractivity contribution in [2.75, 3.05) is 6.54 Å². The molecule has 4 nitrogen and oxygen atoms in total. The van der Waals surface area contributed by atoms with E-state index in [4.69, 9.17) is 4.52 Å². The molecule has 3 heterocycles. The van der Waals surface area contributed by atoms with Crippen LogP contribution in [0.2, 0.25) is 0 Å². The van der Waals surface area contributed by atoms with Gasteiger partial charge >= 0.3 is 0 Å². The van der Waals surface area contributed by atoms with E-state index in [0.29, 0.717) is 11.9 Å². The minimum atomic E-state index is 0.511. The Hall–Kier alpha value is -1.20. The summed E-state index contributed by atoms with van der Waals surface area (Å²) >= 11 is 1.63. The molecule has 1 atom stereocenters. The van der Waals surface area contributed by atoms with Crippen molar-refractivity contribution in [1.82, 2.24) is 15.5 Å². The molecular weight excluding hydrogens is 222 g/mol. The third-order valence-electron chi connectivity index (χ3n) is 2.79. The highest BCUT2D eigenvalue weighted by molar-refractivity contribution is 7.13. The summed E-state index contributed by atoms with van der Waals surface area (Å²) in [6.07, 6.45) is 3.30. The first-order chi connectivity index (χ1) is 7.92. The van der Waals surface area contributed by atoms with Crippen molar-refractivity contribution in [3.05, 3.63) is 23.4 Å². The van der Waals surface area contributed by atoms with Gasteiger partial charge in [-0.2, -0.15) is 4.98 Å². The second-order valence-electron chi connectivity index (χ2n) is 3.99. The van der Waals surface area contributed by atoms with E-state index in [1.54, 1.807) is 11.3 Å². The fraction of sp³-hybridized carbons (Fsp3) is 0.455. The lowest BCUT2D eigenvalue weighted by molar-refractivity contribution is 0.364. The first-order valence-corrected chi connectivity index (χ1v) is 6.39. The Kier molecular flexibility index (Phi) is 2.71. The lowest BCUT2D eigenvalue weighted by Gasteiger charge is -2.04. The van der Waals surface area contributed by atoms with E-state index < -0.39 is 0 Å². The van der Waals surface area contributed by atoms with E-state index in [-0.39, 0.29) is 0 Å². The lowest BCUT2D eigenvalue weighted by atomic mass is 10.1. The molecule has 1 N–H and O–H groups in total. The number of hydrogen-bond acceptors (Lipinski definition) is 5. The molecule has 1 fully saturated rings. The number of rotatable bonds is 3. The van der Waals surface area contributed by atoms with Gasteiger partial charge in [0.25, 0.3) is 0 Å². The first-order valence-electron chi connectivity index (χ1n) is 5.51. The molecule has 16 heavy (non-hydrogen) atoms. The fourth-order valence-corrected chi connectivity index (χ4v) is 2.63. The van der Waals surface area contributed by atoms with Crippen molar-refractivity contribution in [2.45, 2.75) is 25.3 Å². The minimum Gasteiger partial charge on any atom is -0.339 e. The Bertz CT molecular complexity index is 446. The topological polar surface area (TPSA) is 51.0 Å². The van der Waals surface area contributed by atoms with Crippen LogP contribution in [0, 0.1) is 0 Å². The van der Waals surface area contributed by atoms with Crippen LogP contribution in [0.15, 0.2) is 22.0 Å². The van der Waals surface area contributed by atoms with Gasteiger partial charge in [-0.25, -0.2) is 0 Å². The van der Waals surface area contributed by atoms with Gasteiger partial charge in [0.15, 0.2) is 0 Å². The molecular formula is C11H13N3OS. The van der Waals surface area contributed by atoms with E-state index in [1.165, 1.54) is 12.8 Å². The maximum Gasteiger partial charge on any atom is 0.228 e. The molecule has 0 saturated carbocycles. The quantitative estimate of drug-likeness (QED) is 0.885. The molecule has 2 aromatic rings. The lowest BCUT2D eigenvalue weighted by Crippen LogP contribution is -2.23. The Labute approximate surface area is 97.7 Å². The molecule has 0 bridgehead atoms. The summed E-state index contributed by atoms with van der Waals surface area (Å²) in [5.74, 6) is 1.45. The fourth-order valence-electron chi connectivity index (χ4n) is 1.99. The SMILES string of the molecule is c1csc(-c2noc(CC3CCCN3)n2)c1. The van der Waals surface area contributed by atoms with Gasteiger partial charge in [0.1, 0.15) is 0 Å². The van der Waals surface area contributed by atoms with Crippen molar-refractivity contribution >= 4 is 11.3 Å². The van der Waals surface area contributed by atoms with E-state index in [1.807, 2.05) is 17.5 Å². The van der Waals surface area contributed by atoms with Crippen LogP contribution in [0.25, 0.3) is 10.7 Å². The van der Waals surface area contributed by atoms with Crippen LogP contribution in [0.3, 0.4) is 0 Å². The number of nitrogens with zero attached hydrogens (tertiary/aromatic N) is 2. The molecule has 1 saturated heterocycles. The Morgan fingerprint density at radius 3 is 3.31 bits per heavy atom. The second-order valence-corrected chi connectivity index (χ2v) is 4.93. The molecule has 0 amide bonds. The first kappa shape index (κ1) is 9.99. The molecule has 0 aliphatic carbocycles. The highest BCUT2D eigenvalue weighted by Crippen LogP contribution is 2.22. The molecule has 0 aromatic carbocycles. The monoisotopic (exact) mass is 235 g/mol. The molecule has 3 rings (SSSR count). The third kappa shape index (κ3) is 2.01. The number of hydrogen-bond donors (Lipinski definition) is 1. The zero-order chi connectivity index (χ0) is 10.8. The molecule has 0 spiro atoms. The third-order valence-corrected chi connectivity index (χ3v) is 3.66. The van der Waals surface area contributed by atoms with Crippen molar-refractivity contribution in [1.29, 1.82) is 0 Å². The number of aromatic nitrogens is 2. The van der Waals surface area contributed by atoms with Crippen LogP contribution in [-0.4, -0.2) is 22.7 Å². The van der Waals surface area contributed by atoms with Crippen LogP contribution >= 0.6 is 11.3 Å². The summed E-state index contributed by atoms with van der Waals surface area (Å²) in [6, 6.07) is 4.51. The van der Waals surface area contributed by atoms with Crippen LogP contribution in [-0.2, 0) is 6.42 Å². The number of nitrogens with one attached hydrogen (secondary N) is 1.